The minimum atomic E-state index is -3.14. The van der Waals surface area contributed by atoms with E-state index >= 15 is 0 Å². The first-order valence-electron chi connectivity index (χ1n) is 6.23. The summed E-state index contributed by atoms with van der Waals surface area (Å²) < 4.78 is 23.1. The Balaban J connectivity index is 2.69. The molecule has 1 heterocycles. The Hall–Kier alpha value is -1.13. The first-order chi connectivity index (χ1) is 8.65. The van der Waals surface area contributed by atoms with Gasteiger partial charge in [-0.05, 0) is 20.3 Å². The number of aliphatic carboxylic acids is 1. The second-order valence-corrected chi connectivity index (χ2v) is 7.88. The van der Waals surface area contributed by atoms with E-state index in [2.05, 4.69) is 6.07 Å². The van der Waals surface area contributed by atoms with E-state index in [1.807, 2.05) is 18.7 Å². The maximum absolute atomic E-state index is 11.6. The molecule has 0 aromatic heterocycles. The molecule has 0 saturated carbocycles. The molecule has 0 aromatic rings. The van der Waals surface area contributed by atoms with Crippen LogP contribution in [-0.2, 0) is 14.6 Å². The van der Waals surface area contributed by atoms with Gasteiger partial charge in [-0.1, -0.05) is 0 Å². The topological polar surface area (TPSA) is 98.5 Å². The van der Waals surface area contributed by atoms with E-state index in [9.17, 15) is 13.2 Å². The van der Waals surface area contributed by atoms with E-state index in [0.29, 0.717) is 19.5 Å². The highest BCUT2D eigenvalue weighted by Crippen LogP contribution is 2.22. The van der Waals surface area contributed by atoms with Crippen molar-refractivity contribution in [2.45, 2.75) is 32.7 Å². The Labute approximate surface area is 113 Å². The number of carboxylic acids is 1. The molecule has 1 aliphatic heterocycles. The van der Waals surface area contributed by atoms with Crippen LogP contribution in [0.5, 0.6) is 0 Å². The number of nitrogens with zero attached hydrogens (tertiary/aromatic N) is 2. The zero-order chi connectivity index (χ0) is 14.7. The van der Waals surface area contributed by atoms with Crippen molar-refractivity contribution in [3.63, 3.8) is 0 Å². The van der Waals surface area contributed by atoms with Crippen molar-refractivity contribution >= 4 is 15.8 Å². The van der Waals surface area contributed by atoms with Crippen molar-refractivity contribution in [3.05, 3.63) is 0 Å². The third-order valence-electron chi connectivity index (χ3n) is 3.39. The van der Waals surface area contributed by atoms with E-state index < -0.39 is 27.3 Å². The lowest BCUT2D eigenvalue weighted by Crippen LogP contribution is -2.50. The van der Waals surface area contributed by atoms with E-state index in [4.69, 9.17) is 10.4 Å². The first kappa shape index (κ1) is 15.9. The maximum Gasteiger partial charge on any atom is 0.304 e. The molecule has 6 nitrogen and oxygen atoms in total. The van der Waals surface area contributed by atoms with Gasteiger partial charge in [-0.3, -0.25) is 9.69 Å². The second-order valence-electron chi connectivity index (χ2n) is 5.65. The van der Waals surface area contributed by atoms with Crippen LogP contribution in [0.4, 0.5) is 0 Å². The Kier molecular flexibility index (Phi) is 4.93. The highest BCUT2D eigenvalue weighted by molar-refractivity contribution is 7.91. The minimum absolute atomic E-state index is 0.0656. The lowest BCUT2D eigenvalue weighted by Gasteiger charge is -2.35. The fourth-order valence-corrected chi connectivity index (χ4v) is 3.68. The Morgan fingerprint density at radius 2 is 2.16 bits per heavy atom. The molecule has 0 aromatic carbocycles. The van der Waals surface area contributed by atoms with Gasteiger partial charge < -0.3 is 5.11 Å². The molecular formula is C12H20N2O4S. The summed E-state index contributed by atoms with van der Waals surface area (Å²) in [6.07, 6.45) is 0.422. The summed E-state index contributed by atoms with van der Waals surface area (Å²) in [6.45, 7) is 4.54. The molecule has 0 aliphatic carbocycles. The standard InChI is InChI=1S/C12H20N2O4S/c1-12(2,9-13)3-4-14-5-6-19(17,18)8-10(14)7-11(15)16/h10H,3-8H2,1-2H3,(H,15,16). The number of hydrogen-bond acceptors (Lipinski definition) is 5. The van der Waals surface area contributed by atoms with Crippen molar-refractivity contribution in [1.82, 2.24) is 4.90 Å². The van der Waals surface area contributed by atoms with Gasteiger partial charge in [0, 0.05) is 19.1 Å². The predicted octanol–water partition coefficient (Wildman–Crippen LogP) is 0.500. The number of nitriles is 1. The first-order valence-corrected chi connectivity index (χ1v) is 8.05. The van der Waals surface area contributed by atoms with Crippen LogP contribution in [0.3, 0.4) is 0 Å². The SMILES string of the molecule is CC(C)(C#N)CCN1CCS(=O)(=O)CC1CC(=O)O. The molecule has 1 rings (SSSR count). The van der Waals surface area contributed by atoms with Crippen LogP contribution in [0.1, 0.15) is 26.7 Å². The molecule has 108 valence electrons. The summed E-state index contributed by atoms with van der Waals surface area (Å²) in [7, 11) is -3.14. The molecule has 0 spiro atoms. The van der Waals surface area contributed by atoms with Gasteiger partial charge in [0.15, 0.2) is 9.84 Å². The normalized spacial score (nSPS) is 23.7. The van der Waals surface area contributed by atoms with Crippen molar-refractivity contribution in [2.24, 2.45) is 5.41 Å². The average molecular weight is 288 g/mol. The van der Waals surface area contributed by atoms with E-state index in [0.717, 1.165) is 0 Å². The van der Waals surface area contributed by atoms with Gasteiger partial charge in [-0.25, -0.2) is 8.42 Å². The number of carboxylic acid groups (broad SMARTS) is 1. The Morgan fingerprint density at radius 3 is 2.68 bits per heavy atom. The summed E-state index contributed by atoms with van der Waals surface area (Å²) in [4.78, 5) is 12.7. The van der Waals surface area contributed by atoms with E-state index in [-0.39, 0.29) is 17.9 Å². The molecule has 1 aliphatic rings. The van der Waals surface area contributed by atoms with E-state index in [1.165, 1.54) is 0 Å². The largest absolute Gasteiger partial charge is 0.481 e. The molecule has 1 fully saturated rings. The summed E-state index contributed by atoms with van der Waals surface area (Å²) in [6, 6.07) is 1.71. The van der Waals surface area contributed by atoms with Crippen LogP contribution in [0, 0.1) is 16.7 Å². The number of sulfone groups is 1. The third-order valence-corrected chi connectivity index (χ3v) is 5.09. The van der Waals surface area contributed by atoms with Crippen LogP contribution in [0.15, 0.2) is 0 Å². The van der Waals surface area contributed by atoms with Crippen LogP contribution in [0.25, 0.3) is 0 Å². The highest BCUT2D eigenvalue weighted by atomic mass is 32.2. The zero-order valence-corrected chi connectivity index (χ0v) is 12.1. The van der Waals surface area contributed by atoms with Crippen molar-refractivity contribution in [3.8, 4) is 6.07 Å². The quantitative estimate of drug-likeness (QED) is 0.791. The lowest BCUT2D eigenvalue weighted by atomic mass is 9.91. The van der Waals surface area contributed by atoms with Gasteiger partial charge in [0.1, 0.15) is 0 Å². The molecule has 1 atom stereocenters. The Bertz CT molecular complexity index is 478. The highest BCUT2D eigenvalue weighted by Gasteiger charge is 2.33. The molecule has 7 heteroatoms. The third kappa shape index (κ3) is 5.17. The van der Waals surface area contributed by atoms with Gasteiger partial charge in [0.05, 0.1) is 29.4 Å². The van der Waals surface area contributed by atoms with Crippen LogP contribution >= 0.6 is 0 Å². The van der Waals surface area contributed by atoms with Crippen molar-refractivity contribution < 1.29 is 18.3 Å². The van der Waals surface area contributed by atoms with Gasteiger partial charge in [0.25, 0.3) is 0 Å². The number of rotatable bonds is 5. The van der Waals surface area contributed by atoms with Gasteiger partial charge in [-0.2, -0.15) is 5.26 Å². The zero-order valence-electron chi connectivity index (χ0n) is 11.3. The molecule has 19 heavy (non-hydrogen) atoms. The summed E-state index contributed by atoms with van der Waals surface area (Å²) >= 11 is 0. The number of carbonyl (C=O) groups is 1. The maximum atomic E-state index is 11.6. The minimum Gasteiger partial charge on any atom is -0.481 e. The molecule has 0 radical (unpaired) electrons. The monoisotopic (exact) mass is 288 g/mol. The van der Waals surface area contributed by atoms with Crippen molar-refractivity contribution in [2.75, 3.05) is 24.6 Å². The van der Waals surface area contributed by atoms with Gasteiger partial charge in [-0.15, -0.1) is 0 Å². The predicted molar refractivity (Wildman–Crippen MR) is 70.3 cm³/mol. The summed E-state index contributed by atoms with van der Waals surface area (Å²) in [5, 5.41) is 17.8. The molecular weight excluding hydrogens is 268 g/mol. The van der Waals surface area contributed by atoms with E-state index in [1.54, 1.807) is 0 Å². The molecule has 1 unspecified atom stereocenters. The van der Waals surface area contributed by atoms with Crippen LogP contribution in [0.2, 0.25) is 0 Å². The molecule has 0 amide bonds. The van der Waals surface area contributed by atoms with Crippen LogP contribution < -0.4 is 0 Å². The van der Waals surface area contributed by atoms with Crippen molar-refractivity contribution in [1.29, 1.82) is 5.26 Å². The smallest absolute Gasteiger partial charge is 0.304 e. The molecule has 1 N–H and O–H groups in total. The summed E-state index contributed by atoms with van der Waals surface area (Å²) in [5.41, 5.74) is -0.482. The second kappa shape index (κ2) is 5.88. The van der Waals surface area contributed by atoms with Crippen LogP contribution in [-0.4, -0.2) is 55.0 Å². The fourth-order valence-electron chi connectivity index (χ4n) is 2.08. The fraction of sp³-hybridized carbons (Fsp3) is 0.833. The van der Waals surface area contributed by atoms with Gasteiger partial charge >= 0.3 is 5.97 Å². The lowest BCUT2D eigenvalue weighted by molar-refractivity contribution is -0.138. The molecule has 1 saturated heterocycles. The van der Waals surface area contributed by atoms with Gasteiger partial charge in [0.2, 0.25) is 0 Å². The number of hydrogen-bond donors (Lipinski definition) is 1. The molecule has 0 bridgehead atoms. The summed E-state index contributed by atoms with van der Waals surface area (Å²) in [5.74, 6) is -1.03. The average Bonchev–Trinajstić information content (AvgIpc) is 2.26. The Morgan fingerprint density at radius 1 is 1.53 bits per heavy atom.